The summed E-state index contributed by atoms with van der Waals surface area (Å²) in [5.41, 5.74) is 1.63. The van der Waals surface area contributed by atoms with Crippen molar-refractivity contribution in [1.82, 2.24) is 9.38 Å². The van der Waals surface area contributed by atoms with Crippen molar-refractivity contribution in [1.29, 1.82) is 0 Å². The van der Waals surface area contributed by atoms with Gasteiger partial charge < -0.3 is 10.1 Å². The van der Waals surface area contributed by atoms with E-state index in [1.807, 2.05) is 29.1 Å². The highest BCUT2D eigenvalue weighted by Crippen LogP contribution is 2.21. The largest absolute Gasteiger partial charge is 0.491 e. The van der Waals surface area contributed by atoms with Crippen LogP contribution < -0.4 is 10.1 Å². The van der Waals surface area contributed by atoms with Gasteiger partial charge in [-0.05, 0) is 19.1 Å². The molecule has 3 aromatic rings. The predicted octanol–water partition coefficient (Wildman–Crippen LogP) is 3.55. The normalized spacial score (nSPS) is 10.9. The van der Waals surface area contributed by atoms with Crippen LogP contribution in [0.4, 0.5) is 10.1 Å². The Morgan fingerprint density at radius 3 is 3.10 bits per heavy atom. The SMILES string of the molecule is CCOc1ccc(NCc2cn3ccsc3n2)cc1F. The molecule has 3 rings (SSSR count). The van der Waals surface area contributed by atoms with Gasteiger partial charge in [0.25, 0.3) is 0 Å². The number of anilines is 1. The zero-order chi connectivity index (χ0) is 13.9. The quantitative estimate of drug-likeness (QED) is 0.781. The molecule has 6 heteroatoms. The summed E-state index contributed by atoms with van der Waals surface area (Å²) in [6, 6.07) is 4.86. The number of thiazole rings is 1. The molecule has 20 heavy (non-hydrogen) atoms. The summed E-state index contributed by atoms with van der Waals surface area (Å²) in [5, 5.41) is 5.14. The maximum absolute atomic E-state index is 13.7. The zero-order valence-electron chi connectivity index (χ0n) is 11.0. The number of nitrogens with zero attached hydrogens (tertiary/aromatic N) is 2. The van der Waals surface area contributed by atoms with E-state index in [9.17, 15) is 4.39 Å². The lowest BCUT2D eigenvalue weighted by Gasteiger charge is -2.08. The standard InChI is InChI=1S/C14H14FN3OS/c1-2-19-13-4-3-10(7-12(13)15)16-8-11-9-18-5-6-20-14(18)17-11/h3-7,9,16H,2,8H2,1H3. The van der Waals surface area contributed by atoms with Gasteiger partial charge in [0.15, 0.2) is 16.5 Å². The Balaban J connectivity index is 1.68. The molecule has 2 aromatic heterocycles. The third-order valence-electron chi connectivity index (χ3n) is 2.85. The van der Waals surface area contributed by atoms with E-state index < -0.39 is 0 Å². The van der Waals surface area contributed by atoms with E-state index in [0.717, 1.165) is 10.7 Å². The fourth-order valence-corrected chi connectivity index (χ4v) is 2.66. The van der Waals surface area contributed by atoms with Crippen LogP contribution in [0.5, 0.6) is 5.75 Å². The van der Waals surface area contributed by atoms with Crippen LogP contribution in [-0.4, -0.2) is 16.0 Å². The Kier molecular flexibility index (Phi) is 3.56. The molecule has 0 fully saturated rings. The molecule has 0 aliphatic rings. The molecule has 0 bridgehead atoms. The lowest BCUT2D eigenvalue weighted by atomic mass is 10.3. The molecule has 1 aromatic carbocycles. The van der Waals surface area contributed by atoms with E-state index in [1.165, 1.54) is 6.07 Å². The average molecular weight is 291 g/mol. The monoisotopic (exact) mass is 291 g/mol. The third-order valence-corrected chi connectivity index (χ3v) is 3.62. The van der Waals surface area contributed by atoms with Gasteiger partial charge in [-0.2, -0.15) is 0 Å². The minimum Gasteiger partial charge on any atom is -0.491 e. The molecule has 0 spiro atoms. The number of halogens is 1. The minimum atomic E-state index is -0.359. The van der Waals surface area contributed by atoms with Crippen molar-refractivity contribution in [2.24, 2.45) is 0 Å². The smallest absolute Gasteiger partial charge is 0.193 e. The van der Waals surface area contributed by atoms with Gasteiger partial charge in [0.1, 0.15) is 0 Å². The van der Waals surface area contributed by atoms with Gasteiger partial charge in [-0.15, -0.1) is 11.3 Å². The van der Waals surface area contributed by atoms with Crippen LogP contribution in [0.2, 0.25) is 0 Å². The number of rotatable bonds is 5. The summed E-state index contributed by atoms with van der Waals surface area (Å²) in [4.78, 5) is 5.42. The highest BCUT2D eigenvalue weighted by molar-refractivity contribution is 7.15. The molecular formula is C14H14FN3OS. The Morgan fingerprint density at radius 2 is 2.35 bits per heavy atom. The summed E-state index contributed by atoms with van der Waals surface area (Å²) in [6.45, 7) is 2.84. The molecule has 0 aliphatic heterocycles. The fraction of sp³-hybridized carbons (Fsp3) is 0.214. The zero-order valence-corrected chi connectivity index (χ0v) is 11.8. The van der Waals surface area contributed by atoms with Crippen molar-refractivity contribution in [3.05, 3.63) is 47.5 Å². The molecule has 1 N–H and O–H groups in total. The van der Waals surface area contributed by atoms with E-state index in [4.69, 9.17) is 4.74 Å². The summed E-state index contributed by atoms with van der Waals surface area (Å²) in [5.74, 6) is -0.0803. The first kappa shape index (κ1) is 12.9. The third kappa shape index (κ3) is 2.60. The van der Waals surface area contributed by atoms with Gasteiger partial charge in [-0.3, -0.25) is 4.40 Å². The first-order chi connectivity index (χ1) is 9.76. The van der Waals surface area contributed by atoms with Crippen molar-refractivity contribution in [3.8, 4) is 5.75 Å². The van der Waals surface area contributed by atoms with E-state index in [1.54, 1.807) is 23.5 Å². The van der Waals surface area contributed by atoms with E-state index >= 15 is 0 Å². The molecule has 0 amide bonds. The van der Waals surface area contributed by atoms with Gasteiger partial charge in [0.2, 0.25) is 0 Å². The molecule has 2 heterocycles. The number of imidazole rings is 1. The molecule has 0 unspecified atom stereocenters. The van der Waals surface area contributed by atoms with Crippen LogP contribution in [-0.2, 0) is 6.54 Å². The molecular weight excluding hydrogens is 277 g/mol. The molecule has 0 aliphatic carbocycles. The van der Waals surface area contributed by atoms with Gasteiger partial charge in [0, 0.05) is 29.5 Å². The summed E-state index contributed by atoms with van der Waals surface area (Å²) in [6.07, 6.45) is 3.93. The van der Waals surface area contributed by atoms with Crippen molar-refractivity contribution >= 4 is 22.0 Å². The number of hydrogen-bond donors (Lipinski definition) is 1. The lowest BCUT2D eigenvalue weighted by Crippen LogP contribution is -2.01. The molecule has 104 valence electrons. The van der Waals surface area contributed by atoms with Gasteiger partial charge in [0.05, 0.1) is 18.8 Å². The lowest BCUT2D eigenvalue weighted by molar-refractivity contribution is 0.321. The Labute approximate surface area is 119 Å². The fourth-order valence-electron chi connectivity index (χ4n) is 1.94. The highest BCUT2D eigenvalue weighted by atomic mass is 32.1. The van der Waals surface area contributed by atoms with E-state index in [2.05, 4.69) is 10.3 Å². The number of ether oxygens (including phenoxy) is 1. The van der Waals surface area contributed by atoms with Gasteiger partial charge in [-0.1, -0.05) is 0 Å². The minimum absolute atomic E-state index is 0.278. The second kappa shape index (κ2) is 5.50. The number of benzene rings is 1. The van der Waals surface area contributed by atoms with Crippen LogP contribution in [0, 0.1) is 5.82 Å². The van der Waals surface area contributed by atoms with Crippen LogP contribution in [0.25, 0.3) is 4.96 Å². The van der Waals surface area contributed by atoms with Gasteiger partial charge >= 0.3 is 0 Å². The highest BCUT2D eigenvalue weighted by Gasteiger charge is 2.05. The average Bonchev–Trinajstić information content (AvgIpc) is 3.00. The Hall–Kier alpha value is -2.08. The van der Waals surface area contributed by atoms with Crippen LogP contribution in [0.3, 0.4) is 0 Å². The second-order valence-electron chi connectivity index (χ2n) is 4.26. The number of aromatic nitrogens is 2. The first-order valence-electron chi connectivity index (χ1n) is 6.33. The molecule has 4 nitrogen and oxygen atoms in total. The summed E-state index contributed by atoms with van der Waals surface area (Å²) >= 11 is 1.59. The molecule has 0 atom stereocenters. The van der Waals surface area contributed by atoms with Crippen LogP contribution in [0.1, 0.15) is 12.6 Å². The molecule has 0 saturated heterocycles. The van der Waals surface area contributed by atoms with Crippen molar-refractivity contribution in [2.75, 3.05) is 11.9 Å². The second-order valence-corrected chi connectivity index (χ2v) is 5.13. The number of fused-ring (bicyclic) bond motifs is 1. The Bertz CT molecular complexity index is 694. The van der Waals surface area contributed by atoms with E-state index in [0.29, 0.717) is 18.8 Å². The van der Waals surface area contributed by atoms with Crippen LogP contribution in [0.15, 0.2) is 36.0 Å². The van der Waals surface area contributed by atoms with Gasteiger partial charge in [-0.25, -0.2) is 9.37 Å². The number of nitrogens with one attached hydrogen (secondary N) is 1. The van der Waals surface area contributed by atoms with Crippen molar-refractivity contribution in [2.45, 2.75) is 13.5 Å². The number of hydrogen-bond acceptors (Lipinski definition) is 4. The summed E-state index contributed by atoms with van der Waals surface area (Å²) in [7, 11) is 0. The maximum atomic E-state index is 13.7. The molecule has 0 saturated carbocycles. The van der Waals surface area contributed by atoms with Crippen molar-refractivity contribution in [3.63, 3.8) is 0 Å². The first-order valence-corrected chi connectivity index (χ1v) is 7.21. The Morgan fingerprint density at radius 1 is 1.45 bits per heavy atom. The van der Waals surface area contributed by atoms with E-state index in [-0.39, 0.29) is 11.6 Å². The predicted molar refractivity (Wildman–Crippen MR) is 78.0 cm³/mol. The van der Waals surface area contributed by atoms with Crippen LogP contribution >= 0.6 is 11.3 Å². The maximum Gasteiger partial charge on any atom is 0.193 e. The topological polar surface area (TPSA) is 38.6 Å². The molecule has 0 radical (unpaired) electrons. The summed E-state index contributed by atoms with van der Waals surface area (Å²) < 4.78 is 20.8. The van der Waals surface area contributed by atoms with Crippen molar-refractivity contribution < 1.29 is 9.13 Å².